The van der Waals surface area contributed by atoms with Gasteiger partial charge in [-0.25, -0.2) is 13.6 Å². The number of anilines is 1. The molecule has 10 nitrogen and oxygen atoms in total. The van der Waals surface area contributed by atoms with Gasteiger partial charge >= 0.3 is 12.1 Å². The highest BCUT2D eigenvalue weighted by atomic mass is 32.1. The number of carbonyl (C=O) groups is 3. The molecule has 0 aliphatic heterocycles. The maximum atomic E-state index is 14.0. The minimum atomic E-state index is -0.987. The number of hydrogen-bond donors (Lipinski definition) is 1. The molecule has 3 rings (SSSR count). The number of nitrogens with zero attached hydrogens (tertiary/aromatic N) is 3. The molecule has 0 unspecified atom stereocenters. The molecule has 0 radical (unpaired) electrons. The average Bonchev–Trinajstić information content (AvgIpc) is 3.43. The maximum absolute atomic E-state index is 14.0. The van der Waals surface area contributed by atoms with Gasteiger partial charge in [-0.2, -0.15) is 0 Å². The van der Waals surface area contributed by atoms with Crippen LogP contribution in [0.1, 0.15) is 31.2 Å². The first-order valence-corrected chi connectivity index (χ1v) is 13.2. The van der Waals surface area contributed by atoms with Crippen molar-refractivity contribution in [3.05, 3.63) is 59.7 Å². The number of benzene rings is 2. The van der Waals surface area contributed by atoms with Crippen LogP contribution in [0.25, 0.3) is 10.6 Å². The van der Waals surface area contributed by atoms with Crippen molar-refractivity contribution in [1.29, 1.82) is 0 Å². The lowest BCUT2D eigenvalue weighted by molar-refractivity contribution is -0.140. The van der Waals surface area contributed by atoms with Gasteiger partial charge in [0.1, 0.15) is 17.4 Å². The normalized spacial score (nSPS) is 11.4. The smallest absolute Gasteiger partial charge is 0.413 e. The van der Waals surface area contributed by atoms with E-state index in [4.69, 9.17) is 9.47 Å². The Morgan fingerprint density at radius 1 is 1.05 bits per heavy atom. The van der Waals surface area contributed by atoms with Crippen LogP contribution in [0.4, 0.5) is 18.7 Å². The van der Waals surface area contributed by atoms with Crippen molar-refractivity contribution < 1.29 is 37.4 Å². The van der Waals surface area contributed by atoms with Crippen LogP contribution in [0.2, 0.25) is 0 Å². The van der Waals surface area contributed by atoms with Crippen molar-refractivity contribution in [2.75, 3.05) is 33.2 Å². The van der Waals surface area contributed by atoms with Gasteiger partial charge in [-0.05, 0) is 55.2 Å². The fraction of sp³-hybridized carbons (Fsp3) is 0.370. The molecule has 0 aliphatic rings. The Kier molecular flexibility index (Phi) is 11.3. The molecular weight excluding hydrogens is 546 g/mol. The molecule has 1 atom stereocenters. The molecule has 2 aromatic carbocycles. The number of nitrogens with one attached hydrogen (secondary N) is 1. The van der Waals surface area contributed by atoms with Gasteiger partial charge in [0, 0.05) is 25.5 Å². The number of aryl methyl sites for hydroxylation is 1. The molecule has 0 aliphatic carbocycles. The number of likely N-dealkylation sites (N-methyl/N-ethyl adjacent to an activating group) is 1. The second-order valence-electron chi connectivity index (χ2n) is 8.70. The van der Waals surface area contributed by atoms with Gasteiger partial charge in [0.15, 0.2) is 11.6 Å². The first-order valence-electron chi connectivity index (χ1n) is 12.4. The number of carbonyl (C=O) groups excluding carboxylic acids is 3. The van der Waals surface area contributed by atoms with Crippen LogP contribution in [0, 0.1) is 11.6 Å². The Morgan fingerprint density at radius 2 is 1.80 bits per heavy atom. The third kappa shape index (κ3) is 8.70. The zero-order valence-corrected chi connectivity index (χ0v) is 23.1. The second-order valence-corrected chi connectivity index (χ2v) is 9.68. The van der Waals surface area contributed by atoms with Crippen LogP contribution in [0.3, 0.4) is 0 Å². The molecule has 40 heavy (non-hydrogen) atoms. The van der Waals surface area contributed by atoms with E-state index in [1.807, 2.05) is 12.1 Å². The van der Waals surface area contributed by atoms with Crippen LogP contribution in [0.15, 0.2) is 42.5 Å². The summed E-state index contributed by atoms with van der Waals surface area (Å²) >= 11 is 1.15. The number of hydrogen-bond acceptors (Lipinski definition) is 9. The molecule has 0 saturated carbocycles. The van der Waals surface area contributed by atoms with E-state index in [1.165, 1.54) is 31.2 Å². The Labute approximate surface area is 234 Å². The fourth-order valence-electron chi connectivity index (χ4n) is 3.76. The van der Waals surface area contributed by atoms with E-state index in [9.17, 15) is 23.2 Å². The van der Waals surface area contributed by atoms with Gasteiger partial charge in [-0.3, -0.25) is 14.9 Å². The summed E-state index contributed by atoms with van der Waals surface area (Å²) in [5, 5.41) is 11.4. The first kappa shape index (κ1) is 30.4. The van der Waals surface area contributed by atoms with Gasteiger partial charge in [-0.1, -0.05) is 23.5 Å². The summed E-state index contributed by atoms with van der Waals surface area (Å²) in [6.45, 7) is -0.173. The summed E-state index contributed by atoms with van der Waals surface area (Å²) in [6.07, 6.45) is -0.0572. The van der Waals surface area contributed by atoms with Gasteiger partial charge in [0.05, 0.1) is 20.3 Å². The Morgan fingerprint density at radius 3 is 2.50 bits per heavy atom. The monoisotopic (exact) mass is 576 g/mol. The quantitative estimate of drug-likeness (QED) is 0.287. The molecule has 0 fully saturated rings. The summed E-state index contributed by atoms with van der Waals surface area (Å²) in [6, 6.07) is 10.4. The van der Waals surface area contributed by atoms with E-state index in [0.717, 1.165) is 23.0 Å². The first-order chi connectivity index (χ1) is 19.2. The van der Waals surface area contributed by atoms with E-state index in [2.05, 4.69) is 20.3 Å². The average molecular weight is 577 g/mol. The van der Waals surface area contributed by atoms with Crippen molar-refractivity contribution in [2.24, 2.45) is 0 Å². The fourth-order valence-corrected chi connectivity index (χ4v) is 4.49. The van der Waals surface area contributed by atoms with Crippen LogP contribution in [-0.4, -0.2) is 67.0 Å². The second kappa shape index (κ2) is 14.9. The van der Waals surface area contributed by atoms with Gasteiger partial charge in [0.2, 0.25) is 11.0 Å². The Bertz CT molecular complexity index is 1300. The van der Waals surface area contributed by atoms with E-state index >= 15 is 0 Å². The lowest BCUT2D eigenvalue weighted by atomic mass is 10.1. The van der Waals surface area contributed by atoms with Crippen LogP contribution in [0.5, 0.6) is 5.75 Å². The van der Waals surface area contributed by atoms with Crippen LogP contribution in [-0.2, 0) is 25.5 Å². The molecule has 1 heterocycles. The Hall–Kier alpha value is -4.13. The van der Waals surface area contributed by atoms with E-state index in [1.54, 1.807) is 19.2 Å². The molecule has 0 bridgehead atoms. The molecule has 1 aromatic heterocycles. The molecule has 2 amide bonds. The number of amides is 2. The van der Waals surface area contributed by atoms with Gasteiger partial charge < -0.3 is 19.1 Å². The summed E-state index contributed by atoms with van der Waals surface area (Å²) in [4.78, 5) is 38.3. The van der Waals surface area contributed by atoms with Gasteiger partial charge in [0.25, 0.3) is 0 Å². The molecule has 3 aromatic rings. The number of rotatable bonds is 13. The number of esters is 1. The largest absolute Gasteiger partial charge is 0.497 e. The standard InChI is InChI=1S/C27H30F2N4O6S/c1-33(22(34)15-12-17-6-4-8-21(28)24(17)29)19(7-5-9-23(35)38-3)16-39-27(36)30-26-32-31-25(40-26)18-10-13-20(37-2)14-11-18/h4,6,8,10-11,13-14,19H,5,7,9,12,15-16H2,1-3H3,(H,30,32,36)/t19-/m0/s1. The highest BCUT2D eigenvalue weighted by Gasteiger charge is 2.23. The lowest BCUT2D eigenvalue weighted by Crippen LogP contribution is -2.41. The Balaban J connectivity index is 1.58. The SMILES string of the molecule is COC(=O)CCC[C@@H](COC(=O)Nc1nnc(-c2ccc(OC)cc2)s1)N(C)C(=O)CCc1cccc(F)c1F. The van der Waals surface area contributed by atoms with E-state index in [-0.39, 0.29) is 42.5 Å². The topological polar surface area (TPSA) is 120 Å². The number of aromatic nitrogens is 2. The minimum Gasteiger partial charge on any atom is -0.497 e. The van der Waals surface area contributed by atoms with Crippen LogP contribution < -0.4 is 10.1 Å². The summed E-state index contributed by atoms with van der Waals surface area (Å²) in [7, 11) is 4.38. The third-order valence-electron chi connectivity index (χ3n) is 6.10. The van der Waals surface area contributed by atoms with Crippen molar-refractivity contribution in [3.63, 3.8) is 0 Å². The third-order valence-corrected chi connectivity index (χ3v) is 6.99. The molecule has 1 N–H and O–H groups in total. The minimum absolute atomic E-state index is 0.00341. The van der Waals surface area contributed by atoms with Crippen LogP contribution >= 0.6 is 11.3 Å². The molecule has 0 saturated heterocycles. The number of halogens is 2. The zero-order chi connectivity index (χ0) is 29.1. The van der Waals surface area contributed by atoms with Crippen molar-refractivity contribution in [2.45, 2.75) is 38.1 Å². The predicted octanol–water partition coefficient (Wildman–Crippen LogP) is 4.84. The summed E-state index contributed by atoms with van der Waals surface area (Å²) in [5.74, 6) is -2.04. The van der Waals surface area contributed by atoms with Crippen molar-refractivity contribution in [3.8, 4) is 16.3 Å². The highest BCUT2D eigenvalue weighted by molar-refractivity contribution is 7.18. The number of ether oxygens (including phenoxy) is 3. The summed E-state index contributed by atoms with van der Waals surface area (Å²) in [5.41, 5.74) is 0.884. The molecule has 0 spiro atoms. The molecular formula is C27H30F2N4O6S. The molecule has 13 heteroatoms. The van der Waals surface area contributed by atoms with Crippen molar-refractivity contribution in [1.82, 2.24) is 15.1 Å². The zero-order valence-electron chi connectivity index (χ0n) is 22.3. The van der Waals surface area contributed by atoms with E-state index < -0.39 is 29.7 Å². The lowest BCUT2D eigenvalue weighted by Gasteiger charge is -2.28. The predicted molar refractivity (Wildman–Crippen MR) is 144 cm³/mol. The van der Waals surface area contributed by atoms with Crippen molar-refractivity contribution >= 4 is 34.4 Å². The summed E-state index contributed by atoms with van der Waals surface area (Å²) < 4.78 is 42.6. The van der Waals surface area contributed by atoms with Gasteiger partial charge in [-0.15, -0.1) is 10.2 Å². The van der Waals surface area contributed by atoms with E-state index in [0.29, 0.717) is 23.6 Å². The number of methoxy groups -OCH3 is 2. The highest BCUT2D eigenvalue weighted by Crippen LogP contribution is 2.28. The maximum Gasteiger partial charge on any atom is 0.413 e. The molecule has 214 valence electrons.